The number of carbonyl (C=O) groups excluding carboxylic acids is 3. The lowest BCUT2D eigenvalue weighted by Gasteiger charge is -2.12. The van der Waals surface area contributed by atoms with Gasteiger partial charge in [-0.1, -0.05) is 24.3 Å². The number of nitrogens with one attached hydrogen (secondary N) is 1. The SMILES string of the molecule is O=C(CCN1C(=O)c2ccccc2C1=O)Nc1nc(CSCc2ccc(F)cc2)cs1. The van der Waals surface area contributed by atoms with Crippen molar-refractivity contribution in [3.05, 3.63) is 82.1 Å². The van der Waals surface area contributed by atoms with Gasteiger partial charge in [0.25, 0.3) is 11.8 Å². The molecule has 0 saturated carbocycles. The van der Waals surface area contributed by atoms with E-state index in [0.717, 1.165) is 21.9 Å². The molecular weight excluding hydrogens is 437 g/mol. The summed E-state index contributed by atoms with van der Waals surface area (Å²) in [6.45, 7) is 0.0178. The van der Waals surface area contributed by atoms with E-state index in [0.29, 0.717) is 22.0 Å². The van der Waals surface area contributed by atoms with Gasteiger partial charge < -0.3 is 5.32 Å². The van der Waals surface area contributed by atoms with E-state index in [-0.39, 0.29) is 36.5 Å². The average Bonchev–Trinajstić information content (AvgIpc) is 3.31. The van der Waals surface area contributed by atoms with Crippen LogP contribution in [0.3, 0.4) is 0 Å². The molecule has 0 aliphatic carbocycles. The molecule has 4 rings (SSSR count). The largest absolute Gasteiger partial charge is 0.302 e. The van der Waals surface area contributed by atoms with E-state index in [1.807, 2.05) is 5.38 Å². The minimum atomic E-state index is -0.372. The topological polar surface area (TPSA) is 79.4 Å². The summed E-state index contributed by atoms with van der Waals surface area (Å²) >= 11 is 2.97. The Morgan fingerprint density at radius 1 is 1.03 bits per heavy atom. The molecule has 0 unspecified atom stereocenters. The van der Waals surface area contributed by atoms with Crippen LogP contribution >= 0.6 is 23.1 Å². The standard InChI is InChI=1S/C22H18FN3O3S2/c23-15-7-5-14(6-8-15)11-30-12-16-13-31-22(24-16)25-19(27)9-10-26-20(28)17-3-1-2-4-18(17)21(26)29/h1-8,13H,9-12H2,(H,24,25,27). The third-order valence-electron chi connectivity index (χ3n) is 4.67. The first-order valence-electron chi connectivity index (χ1n) is 9.53. The van der Waals surface area contributed by atoms with Crippen LogP contribution in [-0.2, 0) is 16.3 Å². The second-order valence-electron chi connectivity index (χ2n) is 6.87. The monoisotopic (exact) mass is 455 g/mol. The lowest BCUT2D eigenvalue weighted by Crippen LogP contribution is -2.32. The van der Waals surface area contributed by atoms with Crippen LogP contribution in [-0.4, -0.2) is 34.2 Å². The van der Waals surface area contributed by atoms with Crippen LogP contribution in [0.25, 0.3) is 0 Å². The summed E-state index contributed by atoms with van der Waals surface area (Å²) in [7, 11) is 0. The molecule has 1 N–H and O–H groups in total. The number of thiazole rings is 1. The number of aromatic nitrogens is 1. The maximum absolute atomic E-state index is 12.9. The van der Waals surface area contributed by atoms with Crippen LogP contribution in [0.1, 0.15) is 38.4 Å². The minimum Gasteiger partial charge on any atom is -0.302 e. The first kappa shape index (κ1) is 21.2. The van der Waals surface area contributed by atoms with Crippen molar-refractivity contribution in [1.82, 2.24) is 9.88 Å². The highest BCUT2D eigenvalue weighted by Gasteiger charge is 2.34. The van der Waals surface area contributed by atoms with Gasteiger partial charge in [-0.05, 0) is 29.8 Å². The van der Waals surface area contributed by atoms with Gasteiger partial charge in [-0.3, -0.25) is 19.3 Å². The Bertz CT molecular complexity index is 1100. The molecule has 1 aromatic heterocycles. The number of anilines is 1. The Hall–Kier alpha value is -3.04. The molecule has 0 radical (unpaired) electrons. The summed E-state index contributed by atoms with van der Waals surface area (Å²) in [4.78, 5) is 42.4. The number of hydrogen-bond donors (Lipinski definition) is 1. The smallest absolute Gasteiger partial charge is 0.261 e. The summed E-state index contributed by atoms with van der Waals surface area (Å²) in [6.07, 6.45) is -0.000299. The zero-order valence-electron chi connectivity index (χ0n) is 16.3. The van der Waals surface area contributed by atoms with Crippen LogP contribution in [0.4, 0.5) is 9.52 Å². The summed E-state index contributed by atoms with van der Waals surface area (Å²) in [5, 5.41) is 5.07. The molecule has 0 bridgehead atoms. The van der Waals surface area contributed by atoms with Gasteiger partial charge in [0.15, 0.2) is 5.13 Å². The number of thioether (sulfide) groups is 1. The van der Waals surface area contributed by atoms with E-state index in [9.17, 15) is 18.8 Å². The Morgan fingerprint density at radius 3 is 2.39 bits per heavy atom. The molecule has 0 fully saturated rings. The van der Waals surface area contributed by atoms with E-state index < -0.39 is 0 Å². The van der Waals surface area contributed by atoms with Crippen molar-refractivity contribution >= 4 is 46.0 Å². The number of amides is 3. The Kier molecular flexibility index (Phi) is 6.43. The third-order valence-corrected chi connectivity index (χ3v) is 6.51. The third kappa shape index (κ3) is 5.00. The predicted octanol–water partition coefficient (Wildman–Crippen LogP) is 4.34. The number of hydrogen-bond acceptors (Lipinski definition) is 6. The molecule has 2 heterocycles. The molecule has 0 saturated heterocycles. The first-order chi connectivity index (χ1) is 15.0. The van der Waals surface area contributed by atoms with Gasteiger partial charge in [-0.25, -0.2) is 9.37 Å². The summed E-state index contributed by atoms with van der Waals surface area (Å²) in [5.74, 6) is 0.0951. The zero-order chi connectivity index (χ0) is 21.8. The predicted molar refractivity (Wildman–Crippen MR) is 119 cm³/mol. The number of benzene rings is 2. The number of fused-ring (bicyclic) bond motifs is 1. The number of carbonyl (C=O) groups is 3. The lowest BCUT2D eigenvalue weighted by atomic mass is 10.1. The first-order valence-corrected chi connectivity index (χ1v) is 11.6. The van der Waals surface area contributed by atoms with Gasteiger partial charge in [0.05, 0.1) is 16.8 Å². The Labute approximate surface area is 186 Å². The Morgan fingerprint density at radius 2 is 1.71 bits per heavy atom. The molecule has 6 nitrogen and oxygen atoms in total. The number of imide groups is 1. The maximum Gasteiger partial charge on any atom is 0.261 e. The van der Waals surface area contributed by atoms with Crippen molar-refractivity contribution in [2.45, 2.75) is 17.9 Å². The van der Waals surface area contributed by atoms with E-state index in [4.69, 9.17) is 0 Å². The molecule has 158 valence electrons. The summed E-state index contributed by atoms with van der Waals surface area (Å²) in [6, 6.07) is 13.0. The van der Waals surface area contributed by atoms with Gasteiger partial charge in [0.1, 0.15) is 5.82 Å². The molecule has 0 spiro atoms. The fourth-order valence-corrected chi connectivity index (χ4v) is 4.84. The van der Waals surface area contributed by atoms with Gasteiger partial charge in [0, 0.05) is 29.9 Å². The molecule has 1 aliphatic heterocycles. The molecule has 3 amide bonds. The second-order valence-corrected chi connectivity index (χ2v) is 8.71. The quantitative estimate of drug-likeness (QED) is 0.511. The molecule has 3 aromatic rings. The number of rotatable bonds is 8. The molecule has 31 heavy (non-hydrogen) atoms. The van der Waals surface area contributed by atoms with Crippen LogP contribution in [0, 0.1) is 5.82 Å². The van der Waals surface area contributed by atoms with Crippen molar-refractivity contribution in [2.75, 3.05) is 11.9 Å². The fraction of sp³-hybridized carbons (Fsp3) is 0.182. The second kappa shape index (κ2) is 9.40. The van der Waals surface area contributed by atoms with Gasteiger partial charge >= 0.3 is 0 Å². The number of nitrogens with zero attached hydrogens (tertiary/aromatic N) is 2. The van der Waals surface area contributed by atoms with Crippen molar-refractivity contribution in [2.24, 2.45) is 0 Å². The van der Waals surface area contributed by atoms with E-state index in [1.165, 1.54) is 23.5 Å². The minimum absolute atomic E-state index is 0.000299. The fourth-order valence-electron chi connectivity index (χ4n) is 3.12. The molecule has 2 aromatic carbocycles. The highest BCUT2D eigenvalue weighted by atomic mass is 32.2. The van der Waals surface area contributed by atoms with E-state index in [2.05, 4.69) is 10.3 Å². The number of halogens is 1. The molecule has 0 atom stereocenters. The van der Waals surface area contributed by atoms with Gasteiger partial charge in [-0.2, -0.15) is 11.8 Å². The average molecular weight is 456 g/mol. The van der Waals surface area contributed by atoms with E-state index in [1.54, 1.807) is 48.2 Å². The molecule has 9 heteroatoms. The van der Waals surface area contributed by atoms with Crippen LogP contribution < -0.4 is 5.32 Å². The van der Waals surface area contributed by atoms with E-state index >= 15 is 0 Å². The van der Waals surface area contributed by atoms with Gasteiger partial charge in [-0.15, -0.1) is 11.3 Å². The molecular formula is C22H18FN3O3S2. The summed E-state index contributed by atoms with van der Waals surface area (Å²) in [5.41, 5.74) is 2.61. The molecule has 1 aliphatic rings. The normalized spacial score (nSPS) is 12.9. The van der Waals surface area contributed by atoms with Crippen molar-refractivity contribution < 1.29 is 18.8 Å². The van der Waals surface area contributed by atoms with Crippen LogP contribution in [0.5, 0.6) is 0 Å². The zero-order valence-corrected chi connectivity index (χ0v) is 18.0. The maximum atomic E-state index is 12.9. The summed E-state index contributed by atoms with van der Waals surface area (Å²) < 4.78 is 12.9. The van der Waals surface area contributed by atoms with Crippen LogP contribution in [0.15, 0.2) is 53.9 Å². The van der Waals surface area contributed by atoms with Gasteiger partial charge in [0.2, 0.25) is 5.91 Å². The van der Waals surface area contributed by atoms with Crippen molar-refractivity contribution in [3.63, 3.8) is 0 Å². The van der Waals surface area contributed by atoms with Crippen molar-refractivity contribution in [1.29, 1.82) is 0 Å². The van der Waals surface area contributed by atoms with Crippen LogP contribution in [0.2, 0.25) is 0 Å². The highest BCUT2D eigenvalue weighted by molar-refractivity contribution is 7.97. The highest BCUT2D eigenvalue weighted by Crippen LogP contribution is 2.24. The lowest BCUT2D eigenvalue weighted by molar-refractivity contribution is -0.116. The Balaban J connectivity index is 1.23. The van der Waals surface area contributed by atoms with Crippen molar-refractivity contribution in [3.8, 4) is 0 Å².